The summed E-state index contributed by atoms with van der Waals surface area (Å²) in [6.45, 7) is 5.29. The summed E-state index contributed by atoms with van der Waals surface area (Å²) in [6, 6.07) is 7.15. The molecule has 1 unspecified atom stereocenters. The minimum atomic E-state index is -0.986. The molecule has 1 aromatic carbocycles. The lowest BCUT2D eigenvalue weighted by atomic mass is 9.93. The van der Waals surface area contributed by atoms with Crippen molar-refractivity contribution in [1.82, 2.24) is 4.90 Å². The lowest BCUT2D eigenvalue weighted by Gasteiger charge is -2.24. The van der Waals surface area contributed by atoms with Gasteiger partial charge in [-0.05, 0) is 13.5 Å². The normalized spacial score (nSPS) is 12.4. The topological polar surface area (TPSA) is 77.8 Å². The van der Waals surface area contributed by atoms with Crippen LogP contribution in [0.2, 0.25) is 0 Å². The van der Waals surface area contributed by atoms with Crippen LogP contribution in [-0.4, -0.2) is 53.1 Å². The van der Waals surface area contributed by atoms with E-state index in [2.05, 4.69) is 0 Å². The maximum absolute atomic E-state index is 12.5. The van der Waals surface area contributed by atoms with E-state index in [9.17, 15) is 9.59 Å². The number of likely N-dealkylation sites (N-methyl/N-ethyl adjacent to an activating group) is 1. The highest BCUT2D eigenvalue weighted by Gasteiger charge is 2.24. The van der Waals surface area contributed by atoms with Gasteiger partial charge in [0.2, 0.25) is 0 Å². The summed E-state index contributed by atoms with van der Waals surface area (Å²) in [5.74, 6) is -1.74. The van der Waals surface area contributed by atoms with Crippen LogP contribution in [0.25, 0.3) is 0 Å². The lowest BCUT2D eigenvalue weighted by Crippen LogP contribution is -2.36. The third-order valence-electron chi connectivity index (χ3n) is 3.47. The Balaban J connectivity index is 2.87. The molecule has 0 aliphatic rings. The van der Waals surface area contributed by atoms with Crippen LogP contribution in [0.3, 0.4) is 0 Å². The molecule has 1 atom stereocenters. The van der Waals surface area contributed by atoms with Crippen LogP contribution in [0, 0.1) is 12.8 Å². The first-order chi connectivity index (χ1) is 9.97. The first-order valence-corrected chi connectivity index (χ1v) is 7.13. The second-order valence-electron chi connectivity index (χ2n) is 5.14. The van der Waals surface area contributed by atoms with Gasteiger partial charge in [0.1, 0.15) is 0 Å². The van der Waals surface area contributed by atoms with Gasteiger partial charge in [-0.25, -0.2) is 0 Å². The van der Waals surface area contributed by atoms with Gasteiger partial charge in [0.05, 0.1) is 13.0 Å². The van der Waals surface area contributed by atoms with E-state index in [1.165, 1.54) is 0 Å². The molecule has 0 aliphatic carbocycles. The molecule has 21 heavy (non-hydrogen) atoms. The van der Waals surface area contributed by atoms with Crippen LogP contribution in [0.4, 0.5) is 0 Å². The molecule has 5 heteroatoms. The number of aliphatic carboxylic acids is 1. The zero-order valence-electron chi connectivity index (χ0n) is 12.6. The molecule has 1 aromatic rings. The van der Waals surface area contributed by atoms with Crippen molar-refractivity contribution in [3.05, 3.63) is 35.4 Å². The highest BCUT2D eigenvalue weighted by atomic mass is 16.4. The first kappa shape index (κ1) is 17.3. The van der Waals surface area contributed by atoms with Gasteiger partial charge in [0, 0.05) is 24.6 Å². The monoisotopic (exact) mass is 293 g/mol. The number of carboxylic acids is 1. The Bertz CT molecular complexity index is 470. The van der Waals surface area contributed by atoms with E-state index in [0.717, 1.165) is 5.56 Å². The Kier molecular flexibility index (Phi) is 7.05. The predicted molar refractivity (Wildman–Crippen MR) is 80.5 cm³/mol. The van der Waals surface area contributed by atoms with Crippen molar-refractivity contribution < 1.29 is 19.8 Å². The zero-order valence-corrected chi connectivity index (χ0v) is 12.6. The van der Waals surface area contributed by atoms with Crippen molar-refractivity contribution in [3.8, 4) is 0 Å². The van der Waals surface area contributed by atoms with Gasteiger partial charge in [-0.15, -0.1) is 0 Å². The molecule has 0 fully saturated rings. The number of aryl methyl sites for hydroxylation is 1. The Morgan fingerprint density at radius 1 is 1.24 bits per heavy atom. The van der Waals surface area contributed by atoms with Crippen molar-refractivity contribution in [3.63, 3.8) is 0 Å². The summed E-state index contributed by atoms with van der Waals surface area (Å²) in [6.07, 6.45) is -0.200. The highest BCUT2D eigenvalue weighted by molar-refractivity contribution is 5.99. The molecule has 0 radical (unpaired) electrons. The molecule has 0 bridgehead atoms. The maximum Gasteiger partial charge on any atom is 0.304 e. The Morgan fingerprint density at radius 3 is 2.33 bits per heavy atom. The minimum absolute atomic E-state index is 0.00759. The summed E-state index contributed by atoms with van der Waals surface area (Å²) in [5.41, 5.74) is 1.59. The largest absolute Gasteiger partial charge is 0.481 e. The lowest BCUT2D eigenvalue weighted by molar-refractivity contribution is -0.137. The van der Waals surface area contributed by atoms with E-state index in [1.54, 1.807) is 12.1 Å². The molecule has 1 rings (SSSR count). The fourth-order valence-electron chi connectivity index (χ4n) is 2.24. The zero-order chi connectivity index (χ0) is 15.8. The van der Waals surface area contributed by atoms with E-state index in [0.29, 0.717) is 25.2 Å². The third kappa shape index (κ3) is 5.65. The molecule has 116 valence electrons. The molecular formula is C16H23NO4. The molecule has 0 saturated heterocycles. The van der Waals surface area contributed by atoms with Crippen molar-refractivity contribution in [2.45, 2.75) is 20.3 Å². The Hall–Kier alpha value is -1.72. The summed E-state index contributed by atoms with van der Waals surface area (Å²) in [4.78, 5) is 25.4. The van der Waals surface area contributed by atoms with E-state index >= 15 is 0 Å². The third-order valence-corrected chi connectivity index (χ3v) is 3.47. The van der Waals surface area contributed by atoms with E-state index in [-0.39, 0.29) is 18.8 Å². The number of nitrogens with zero attached hydrogens (tertiary/aromatic N) is 1. The second kappa shape index (κ2) is 8.54. The first-order valence-electron chi connectivity index (χ1n) is 7.13. The standard InChI is InChI=1S/C16H23NO4/c1-3-17(8-9-18)11-14(10-15(19)20)16(21)13-6-4-12(2)5-7-13/h4-7,14,18H,3,8-11H2,1-2H3,(H,19,20). The van der Waals surface area contributed by atoms with E-state index in [1.807, 2.05) is 30.9 Å². The number of aliphatic hydroxyl groups excluding tert-OH is 1. The molecule has 0 aromatic heterocycles. The summed E-state index contributed by atoms with van der Waals surface area (Å²) in [5, 5.41) is 18.0. The molecule has 5 nitrogen and oxygen atoms in total. The van der Waals surface area contributed by atoms with Gasteiger partial charge in [0.15, 0.2) is 5.78 Å². The van der Waals surface area contributed by atoms with Crippen LogP contribution in [0.1, 0.15) is 29.3 Å². The number of carboxylic acid groups (broad SMARTS) is 1. The second-order valence-corrected chi connectivity index (χ2v) is 5.14. The van der Waals surface area contributed by atoms with Crippen molar-refractivity contribution in [2.24, 2.45) is 5.92 Å². The predicted octanol–water partition coefficient (Wildman–Crippen LogP) is 1.58. The number of rotatable bonds is 9. The average molecular weight is 293 g/mol. The number of benzene rings is 1. The van der Waals surface area contributed by atoms with Gasteiger partial charge in [0.25, 0.3) is 0 Å². The maximum atomic E-state index is 12.5. The quantitative estimate of drug-likeness (QED) is 0.676. The van der Waals surface area contributed by atoms with E-state index in [4.69, 9.17) is 10.2 Å². The Morgan fingerprint density at radius 2 is 1.86 bits per heavy atom. The summed E-state index contributed by atoms with van der Waals surface area (Å²) < 4.78 is 0. The molecule has 0 aliphatic heterocycles. The van der Waals surface area contributed by atoms with E-state index < -0.39 is 11.9 Å². The molecule has 0 spiro atoms. The molecule has 0 amide bonds. The molecule has 0 saturated carbocycles. The molecular weight excluding hydrogens is 270 g/mol. The minimum Gasteiger partial charge on any atom is -0.481 e. The number of hydrogen-bond donors (Lipinski definition) is 2. The van der Waals surface area contributed by atoms with Gasteiger partial charge in [-0.3, -0.25) is 9.59 Å². The number of carbonyl (C=O) groups excluding carboxylic acids is 1. The van der Waals surface area contributed by atoms with Crippen molar-refractivity contribution in [2.75, 3.05) is 26.2 Å². The number of Topliss-reactive ketones (excluding diaryl/α,β-unsaturated/α-hetero) is 1. The average Bonchev–Trinajstić information content (AvgIpc) is 2.45. The van der Waals surface area contributed by atoms with Crippen LogP contribution in [0.5, 0.6) is 0 Å². The molecule has 0 heterocycles. The number of ketones is 1. The summed E-state index contributed by atoms with van der Waals surface area (Å²) in [7, 11) is 0. The fraction of sp³-hybridized carbons (Fsp3) is 0.500. The van der Waals surface area contributed by atoms with Crippen LogP contribution in [0.15, 0.2) is 24.3 Å². The van der Waals surface area contributed by atoms with Crippen molar-refractivity contribution >= 4 is 11.8 Å². The van der Waals surface area contributed by atoms with Gasteiger partial charge in [-0.2, -0.15) is 0 Å². The van der Waals surface area contributed by atoms with Crippen LogP contribution >= 0.6 is 0 Å². The van der Waals surface area contributed by atoms with Gasteiger partial charge < -0.3 is 15.1 Å². The van der Waals surface area contributed by atoms with Crippen LogP contribution < -0.4 is 0 Å². The Labute approximate surface area is 125 Å². The van der Waals surface area contributed by atoms with Gasteiger partial charge in [-0.1, -0.05) is 36.8 Å². The SMILES string of the molecule is CCN(CCO)CC(CC(=O)O)C(=O)c1ccc(C)cc1. The molecule has 2 N–H and O–H groups in total. The van der Waals surface area contributed by atoms with Crippen molar-refractivity contribution in [1.29, 1.82) is 0 Å². The fourth-order valence-corrected chi connectivity index (χ4v) is 2.24. The number of hydrogen-bond acceptors (Lipinski definition) is 4. The summed E-state index contributed by atoms with van der Waals surface area (Å²) >= 11 is 0. The van der Waals surface area contributed by atoms with Crippen LogP contribution in [-0.2, 0) is 4.79 Å². The van der Waals surface area contributed by atoms with Gasteiger partial charge >= 0.3 is 5.97 Å². The number of carbonyl (C=O) groups is 2. The number of aliphatic hydroxyl groups is 1. The smallest absolute Gasteiger partial charge is 0.304 e. The highest BCUT2D eigenvalue weighted by Crippen LogP contribution is 2.15.